The topological polar surface area (TPSA) is 90.9 Å². The molecule has 3 N–H and O–H groups in total. The Hall–Kier alpha value is -3.22. The van der Waals surface area contributed by atoms with E-state index < -0.39 is 29.6 Å². The Morgan fingerprint density at radius 1 is 0.641 bits per heavy atom. The first-order valence-electron chi connectivity index (χ1n) is 13.4. The van der Waals surface area contributed by atoms with Gasteiger partial charge in [0.15, 0.2) is 5.43 Å². The molecule has 0 fully saturated rings. The normalized spacial score (nSPS) is 23.0. The first kappa shape index (κ1) is 27.4. The third-order valence-electron chi connectivity index (χ3n) is 8.03. The number of halogens is 1. The van der Waals surface area contributed by atoms with Crippen LogP contribution in [0, 0.1) is 11.8 Å². The second-order valence-corrected chi connectivity index (χ2v) is 10.9. The summed E-state index contributed by atoms with van der Waals surface area (Å²) < 4.78 is 5.86. The molecule has 0 spiro atoms. The van der Waals surface area contributed by atoms with E-state index in [0.717, 1.165) is 16.7 Å². The molecule has 0 saturated heterocycles. The summed E-state index contributed by atoms with van der Waals surface area (Å²) in [5, 5.41) is 33.2. The number of rotatable bonds is 9. The van der Waals surface area contributed by atoms with Crippen LogP contribution in [-0.4, -0.2) is 15.3 Å². The van der Waals surface area contributed by atoms with Gasteiger partial charge in [0.2, 0.25) is 0 Å². The van der Waals surface area contributed by atoms with Crippen LogP contribution in [0.1, 0.15) is 76.9 Å². The van der Waals surface area contributed by atoms with E-state index in [0.29, 0.717) is 24.2 Å². The predicted octanol–water partition coefficient (Wildman–Crippen LogP) is 6.62. The molecule has 1 aliphatic carbocycles. The molecule has 1 aromatic heterocycles. The Bertz CT molecular complexity index is 1390. The van der Waals surface area contributed by atoms with Gasteiger partial charge in [0.25, 0.3) is 0 Å². The summed E-state index contributed by atoms with van der Waals surface area (Å²) in [5.74, 6) is -0.734. The van der Waals surface area contributed by atoms with Crippen molar-refractivity contribution in [1.29, 1.82) is 0 Å². The molecule has 0 amide bonds. The van der Waals surface area contributed by atoms with Gasteiger partial charge in [-0.05, 0) is 53.7 Å². The lowest BCUT2D eigenvalue weighted by Gasteiger charge is -2.43. The van der Waals surface area contributed by atoms with Crippen LogP contribution in [0.5, 0.6) is 0 Å². The molecule has 1 aliphatic rings. The minimum atomic E-state index is -0.841. The molecule has 5 rings (SSSR count). The fourth-order valence-corrected chi connectivity index (χ4v) is 6.52. The second-order valence-electron chi connectivity index (χ2n) is 10.4. The van der Waals surface area contributed by atoms with E-state index in [1.54, 1.807) is 0 Å². The molecule has 0 aliphatic heterocycles. The van der Waals surface area contributed by atoms with Gasteiger partial charge in [0.05, 0.1) is 30.0 Å². The van der Waals surface area contributed by atoms with E-state index in [4.69, 9.17) is 16.0 Å². The van der Waals surface area contributed by atoms with Gasteiger partial charge in [-0.1, -0.05) is 91.0 Å². The van der Waals surface area contributed by atoms with E-state index in [9.17, 15) is 20.1 Å². The fraction of sp³-hybridized carbons (Fsp3) is 0.303. The summed E-state index contributed by atoms with van der Waals surface area (Å²) in [7, 11) is 0. The third-order valence-corrected chi connectivity index (χ3v) is 8.55. The smallest absolute Gasteiger partial charge is 0.188 e. The molecule has 7 atom stereocenters. The Kier molecular flexibility index (Phi) is 8.63. The number of fused-ring (bicyclic) bond motifs is 1. The van der Waals surface area contributed by atoms with Crippen LogP contribution in [0.15, 0.2) is 113 Å². The van der Waals surface area contributed by atoms with Gasteiger partial charge in [-0.2, -0.15) is 0 Å². The first-order chi connectivity index (χ1) is 18.9. The number of aliphatic hydroxyl groups is 3. The van der Waals surface area contributed by atoms with Gasteiger partial charge in [-0.25, -0.2) is 0 Å². The van der Waals surface area contributed by atoms with Crippen molar-refractivity contribution in [2.45, 2.75) is 48.9 Å². The van der Waals surface area contributed by atoms with Crippen LogP contribution < -0.4 is 5.43 Å². The minimum absolute atomic E-state index is 0.201. The summed E-state index contributed by atoms with van der Waals surface area (Å²) in [6, 6.07) is 29.5. The van der Waals surface area contributed by atoms with E-state index in [1.165, 1.54) is 12.3 Å². The fourth-order valence-electron chi connectivity index (χ4n) is 6.06. The zero-order valence-electron chi connectivity index (χ0n) is 21.5. The lowest BCUT2D eigenvalue weighted by Crippen LogP contribution is -2.37. The molecule has 6 heteroatoms. The Morgan fingerprint density at radius 3 is 1.56 bits per heavy atom. The average molecular weight is 545 g/mol. The molecule has 4 aromatic rings. The van der Waals surface area contributed by atoms with Crippen LogP contribution in [0.2, 0.25) is 0 Å². The van der Waals surface area contributed by atoms with E-state index in [2.05, 4.69) is 0 Å². The van der Waals surface area contributed by atoms with E-state index in [-0.39, 0.29) is 23.7 Å². The quantitative estimate of drug-likeness (QED) is 0.206. The van der Waals surface area contributed by atoms with Crippen molar-refractivity contribution < 1.29 is 19.7 Å². The second kappa shape index (κ2) is 12.3. The molecule has 3 aromatic carbocycles. The molecule has 5 nitrogen and oxygen atoms in total. The SMILES string of the molecule is O=c1ccoc2c1[C@@H](CC(O)c1ccccc1)[C@H](CC(O)c1ccccc1)[C@H](CC(O)c1ccccc1)[C@H]2Cl. The van der Waals surface area contributed by atoms with Crippen LogP contribution in [0.3, 0.4) is 0 Å². The van der Waals surface area contributed by atoms with Gasteiger partial charge in [0, 0.05) is 11.6 Å². The zero-order chi connectivity index (χ0) is 27.4. The molecular formula is C33H33ClO5. The summed E-state index contributed by atoms with van der Waals surface area (Å²) in [6.45, 7) is 0. The summed E-state index contributed by atoms with van der Waals surface area (Å²) >= 11 is 7.07. The van der Waals surface area contributed by atoms with E-state index >= 15 is 0 Å². The Labute approximate surface area is 233 Å². The number of aliphatic hydroxyl groups excluding tert-OH is 3. The molecule has 39 heavy (non-hydrogen) atoms. The number of alkyl halides is 1. The van der Waals surface area contributed by atoms with Gasteiger partial charge >= 0.3 is 0 Å². The molecule has 3 unspecified atom stereocenters. The first-order valence-corrected chi connectivity index (χ1v) is 13.8. The molecule has 202 valence electrons. The highest BCUT2D eigenvalue weighted by Gasteiger charge is 2.46. The molecular weight excluding hydrogens is 512 g/mol. The van der Waals surface area contributed by atoms with Crippen molar-refractivity contribution in [3.05, 3.63) is 142 Å². The molecule has 0 radical (unpaired) electrons. The Balaban J connectivity index is 1.57. The van der Waals surface area contributed by atoms with Gasteiger partial charge in [0.1, 0.15) is 5.76 Å². The lowest BCUT2D eigenvalue weighted by molar-refractivity contribution is 0.0509. The van der Waals surface area contributed by atoms with Crippen LogP contribution in [0.4, 0.5) is 0 Å². The summed E-state index contributed by atoms with van der Waals surface area (Å²) in [4.78, 5) is 13.3. The van der Waals surface area contributed by atoms with Crippen molar-refractivity contribution in [2.24, 2.45) is 11.8 Å². The van der Waals surface area contributed by atoms with Crippen molar-refractivity contribution in [1.82, 2.24) is 0 Å². The van der Waals surface area contributed by atoms with Crippen molar-refractivity contribution >= 4 is 11.6 Å². The van der Waals surface area contributed by atoms with Gasteiger partial charge in [-0.15, -0.1) is 11.6 Å². The highest BCUT2D eigenvalue weighted by molar-refractivity contribution is 6.21. The van der Waals surface area contributed by atoms with Crippen molar-refractivity contribution in [3.63, 3.8) is 0 Å². The standard InChI is InChI=1S/C33H33ClO5/c34-32-26(20-30(38)23-14-8-3-9-15-23)24(18-28(36)21-10-4-1-5-11-21)25(31-27(35)16-17-39-33(31)32)19-29(37)22-12-6-2-7-13-22/h1-17,24-26,28-30,32,36-38H,18-20H2/t24-,25-,26-,28?,29?,30?,32+/m0/s1. The summed E-state index contributed by atoms with van der Waals surface area (Å²) in [6.07, 6.45) is -0.244. The van der Waals surface area contributed by atoms with E-state index in [1.807, 2.05) is 91.0 Å². The van der Waals surface area contributed by atoms with Crippen LogP contribution in [-0.2, 0) is 0 Å². The maximum atomic E-state index is 13.3. The zero-order valence-corrected chi connectivity index (χ0v) is 22.3. The maximum absolute atomic E-state index is 13.3. The lowest BCUT2D eigenvalue weighted by atomic mass is 9.64. The van der Waals surface area contributed by atoms with Gasteiger partial charge in [-0.3, -0.25) is 4.79 Å². The highest BCUT2D eigenvalue weighted by Crippen LogP contribution is 2.54. The largest absolute Gasteiger partial charge is 0.467 e. The van der Waals surface area contributed by atoms with Crippen molar-refractivity contribution in [2.75, 3.05) is 0 Å². The average Bonchev–Trinajstić information content (AvgIpc) is 2.98. The summed E-state index contributed by atoms with van der Waals surface area (Å²) in [5.41, 5.74) is 2.52. The number of hydrogen-bond acceptors (Lipinski definition) is 5. The highest BCUT2D eigenvalue weighted by atomic mass is 35.5. The third kappa shape index (κ3) is 6.02. The maximum Gasteiger partial charge on any atom is 0.188 e. The molecule has 0 saturated carbocycles. The number of benzene rings is 3. The number of hydrogen-bond donors (Lipinski definition) is 3. The van der Waals surface area contributed by atoms with Crippen molar-refractivity contribution in [3.8, 4) is 0 Å². The predicted molar refractivity (Wildman–Crippen MR) is 151 cm³/mol. The minimum Gasteiger partial charge on any atom is -0.467 e. The van der Waals surface area contributed by atoms with Crippen LogP contribution >= 0.6 is 11.6 Å². The van der Waals surface area contributed by atoms with Crippen LogP contribution in [0.25, 0.3) is 0 Å². The van der Waals surface area contributed by atoms with Gasteiger partial charge < -0.3 is 19.7 Å². The molecule has 0 bridgehead atoms. The molecule has 1 heterocycles. The monoisotopic (exact) mass is 544 g/mol. The Morgan fingerprint density at radius 2 is 1.08 bits per heavy atom.